The summed E-state index contributed by atoms with van der Waals surface area (Å²) in [6.07, 6.45) is 5.23. The molecule has 1 atom stereocenters. The highest BCUT2D eigenvalue weighted by molar-refractivity contribution is 5.55. The third-order valence-corrected chi connectivity index (χ3v) is 4.94. The monoisotopic (exact) mass is 336 g/mol. The van der Waals surface area contributed by atoms with E-state index in [9.17, 15) is 4.39 Å². The Balaban J connectivity index is 1.50. The third kappa shape index (κ3) is 3.35. The van der Waals surface area contributed by atoms with Crippen LogP contribution < -0.4 is 0 Å². The van der Waals surface area contributed by atoms with Crippen molar-refractivity contribution in [1.29, 1.82) is 0 Å². The van der Waals surface area contributed by atoms with Crippen LogP contribution in [0.3, 0.4) is 0 Å². The molecule has 0 N–H and O–H groups in total. The van der Waals surface area contributed by atoms with Crippen molar-refractivity contribution in [3.8, 4) is 11.3 Å². The maximum absolute atomic E-state index is 13.1. The SMILES string of the molecule is CN(Cc1ncc(-c2ccc(F)cc2)o1)[C@H]1CCCc2ccccc21. The van der Waals surface area contributed by atoms with E-state index in [1.54, 1.807) is 18.3 Å². The highest BCUT2D eigenvalue weighted by atomic mass is 19.1. The zero-order chi connectivity index (χ0) is 17.2. The van der Waals surface area contributed by atoms with Gasteiger partial charge >= 0.3 is 0 Å². The molecule has 3 aromatic rings. The first-order valence-electron chi connectivity index (χ1n) is 8.69. The van der Waals surface area contributed by atoms with Crippen molar-refractivity contribution in [1.82, 2.24) is 9.88 Å². The van der Waals surface area contributed by atoms with Gasteiger partial charge in [0.25, 0.3) is 0 Å². The van der Waals surface area contributed by atoms with Crippen molar-refractivity contribution in [2.24, 2.45) is 0 Å². The van der Waals surface area contributed by atoms with Crippen molar-refractivity contribution in [3.05, 3.63) is 77.6 Å². The molecule has 0 bridgehead atoms. The molecule has 0 saturated carbocycles. The second kappa shape index (κ2) is 6.81. The van der Waals surface area contributed by atoms with Gasteiger partial charge in [-0.2, -0.15) is 0 Å². The van der Waals surface area contributed by atoms with E-state index in [1.165, 1.54) is 29.7 Å². The lowest BCUT2D eigenvalue weighted by Crippen LogP contribution is -2.27. The van der Waals surface area contributed by atoms with E-state index in [2.05, 4.69) is 41.2 Å². The van der Waals surface area contributed by atoms with E-state index < -0.39 is 0 Å². The summed E-state index contributed by atoms with van der Waals surface area (Å²) < 4.78 is 18.9. The lowest BCUT2D eigenvalue weighted by Gasteiger charge is -2.32. The van der Waals surface area contributed by atoms with Gasteiger partial charge in [0.2, 0.25) is 5.89 Å². The predicted octanol–water partition coefficient (Wildman–Crippen LogP) is 4.99. The Labute approximate surface area is 147 Å². The van der Waals surface area contributed by atoms with Crippen LogP contribution in [0.5, 0.6) is 0 Å². The summed E-state index contributed by atoms with van der Waals surface area (Å²) in [4.78, 5) is 6.71. The van der Waals surface area contributed by atoms with E-state index in [-0.39, 0.29) is 5.82 Å². The standard InChI is InChI=1S/C21H21FN2O/c1-24(19-8-4-6-15-5-2-3-7-18(15)19)14-21-23-13-20(25-21)16-9-11-17(22)12-10-16/h2-3,5,7,9-13,19H,4,6,8,14H2,1H3/t19-/m0/s1. The number of hydrogen-bond acceptors (Lipinski definition) is 3. The first-order chi connectivity index (χ1) is 12.2. The molecule has 0 aliphatic heterocycles. The van der Waals surface area contributed by atoms with Crippen molar-refractivity contribution >= 4 is 0 Å². The fourth-order valence-electron chi connectivity index (χ4n) is 3.64. The van der Waals surface area contributed by atoms with Gasteiger partial charge in [-0.1, -0.05) is 24.3 Å². The molecule has 0 unspecified atom stereocenters. The largest absolute Gasteiger partial charge is 0.439 e. The highest BCUT2D eigenvalue weighted by Crippen LogP contribution is 2.34. The number of halogens is 1. The van der Waals surface area contributed by atoms with Crippen LogP contribution >= 0.6 is 0 Å². The predicted molar refractivity (Wildman–Crippen MR) is 95.5 cm³/mol. The van der Waals surface area contributed by atoms with Crippen molar-refractivity contribution in [2.75, 3.05) is 7.05 Å². The Kier molecular flexibility index (Phi) is 4.36. The maximum Gasteiger partial charge on any atom is 0.209 e. The Morgan fingerprint density at radius 3 is 2.80 bits per heavy atom. The molecule has 3 nitrogen and oxygen atoms in total. The van der Waals surface area contributed by atoms with E-state index in [0.29, 0.717) is 24.2 Å². The van der Waals surface area contributed by atoms with E-state index in [1.807, 2.05) is 0 Å². The quantitative estimate of drug-likeness (QED) is 0.672. The number of aromatic nitrogens is 1. The third-order valence-electron chi connectivity index (χ3n) is 4.94. The molecule has 1 aliphatic rings. The van der Waals surface area contributed by atoms with Gasteiger partial charge in [0.15, 0.2) is 5.76 Å². The summed E-state index contributed by atoms with van der Waals surface area (Å²) >= 11 is 0. The van der Waals surface area contributed by atoms with Crippen LogP contribution in [0.15, 0.2) is 59.1 Å². The van der Waals surface area contributed by atoms with E-state index >= 15 is 0 Å². The molecule has 1 heterocycles. The summed E-state index contributed by atoms with van der Waals surface area (Å²) in [7, 11) is 2.12. The molecular formula is C21H21FN2O. The minimum absolute atomic E-state index is 0.251. The van der Waals surface area contributed by atoms with Crippen molar-refractivity contribution in [2.45, 2.75) is 31.8 Å². The number of benzene rings is 2. The molecule has 1 aromatic heterocycles. The smallest absolute Gasteiger partial charge is 0.209 e. The van der Waals surface area contributed by atoms with Gasteiger partial charge in [0.1, 0.15) is 5.82 Å². The molecule has 128 valence electrons. The fourth-order valence-corrected chi connectivity index (χ4v) is 3.64. The lowest BCUT2D eigenvalue weighted by molar-refractivity contribution is 0.195. The molecular weight excluding hydrogens is 315 g/mol. The zero-order valence-electron chi connectivity index (χ0n) is 14.3. The molecule has 0 spiro atoms. The Morgan fingerprint density at radius 2 is 1.96 bits per heavy atom. The first-order valence-corrected chi connectivity index (χ1v) is 8.69. The fraction of sp³-hybridized carbons (Fsp3) is 0.286. The summed E-state index contributed by atoms with van der Waals surface area (Å²) in [5.74, 6) is 1.11. The summed E-state index contributed by atoms with van der Waals surface area (Å²) in [6, 6.07) is 15.4. The number of aryl methyl sites for hydroxylation is 1. The lowest BCUT2D eigenvalue weighted by atomic mass is 9.87. The average Bonchev–Trinajstić information content (AvgIpc) is 3.10. The molecule has 0 fully saturated rings. The van der Waals surface area contributed by atoms with Crippen molar-refractivity contribution < 1.29 is 8.81 Å². The van der Waals surface area contributed by atoms with Gasteiger partial charge in [-0.15, -0.1) is 0 Å². The number of fused-ring (bicyclic) bond motifs is 1. The minimum atomic E-state index is -0.251. The number of hydrogen-bond donors (Lipinski definition) is 0. The van der Waals surface area contributed by atoms with Gasteiger partial charge in [0, 0.05) is 11.6 Å². The van der Waals surface area contributed by atoms with Crippen LogP contribution in [0.25, 0.3) is 11.3 Å². The van der Waals surface area contributed by atoms with Gasteiger partial charge in [-0.3, -0.25) is 4.90 Å². The van der Waals surface area contributed by atoms with Crippen LogP contribution in [0, 0.1) is 5.82 Å². The van der Waals surface area contributed by atoms with Crippen LogP contribution in [-0.4, -0.2) is 16.9 Å². The van der Waals surface area contributed by atoms with Gasteiger partial charge < -0.3 is 4.42 Å². The van der Waals surface area contributed by atoms with Crippen molar-refractivity contribution in [3.63, 3.8) is 0 Å². The zero-order valence-corrected chi connectivity index (χ0v) is 14.3. The topological polar surface area (TPSA) is 29.3 Å². The second-order valence-electron chi connectivity index (χ2n) is 6.65. The molecule has 25 heavy (non-hydrogen) atoms. The average molecular weight is 336 g/mol. The molecule has 4 rings (SSSR count). The van der Waals surface area contributed by atoms with Crippen LogP contribution in [-0.2, 0) is 13.0 Å². The maximum atomic E-state index is 13.1. The second-order valence-corrected chi connectivity index (χ2v) is 6.65. The molecule has 1 aliphatic carbocycles. The Bertz CT molecular complexity index is 856. The number of nitrogens with zero attached hydrogens (tertiary/aromatic N) is 2. The minimum Gasteiger partial charge on any atom is -0.439 e. The van der Waals surface area contributed by atoms with E-state index in [0.717, 1.165) is 18.4 Å². The number of rotatable bonds is 4. The number of oxazole rings is 1. The van der Waals surface area contributed by atoms with E-state index in [4.69, 9.17) is 4.42 Å². The van der Waals surface area contributed by atoms with Gasteiger partial charge in [-0.05, 0) is 61.7 Å². The molecule has 2 aromatic carbocycles. The first kappa shape index (κ1) is 16.0. The van der Waals surface area contributed by atoms with Crippen LogP contribution in [0.2, 0.25) is 0 Å². The van der Waals surface area contributed by atoms with Gasteiger partial charge in [0.05, 0.1) is 12.7 Å². The molecule has 0 saturated heterocycles. The molecule has 0 radical (unpaired) electrons. The highest BCUT2D eigenvalue weighted by Gasteiger charge is 2.24. The van der Waals surface area contributed by atoms with Crippen LogP contribution in [0.4, 0.5) is 4.39 Å². The molecule has 0 amide bonds. The Hall–Kier alpha value is -2.46. The summed E-state index contributed by atoms with van der Waals surface area (Å²) in [5.41, 5.74) is 3.71. The molecule has 4 heteroatoms. The summed E-state index contributed by atoms with van der Waals surface area (Å²) in [6.45, 7) is 0.653. The normalized spacial score (nSPS) is 16.8. The van der Waals surface area contributed by atoms with Gasteiger partial charge in [-0.25, -0.2) is 9.37 Å². The summed E-state index contributed by atoms with van der Waals surface area (Å²) in [5, 5.41) is 0. The Morgan fingerprint density at radius 1 is 1.16 bits per heavy atom. The van der Waals surface area contributed by atoms with Crippen LogP contribution in [0.1, 0.15) is 35.9 Å².